The summed E-state index contributed by atoms with van der Waals surface area (Å²) in [6, 6.07) is 7.64. The molecule has 1 aromatic carbocycles. The largest absolute Gasteiger partial charge is 0.571 e. The predicted octanol–water partition coefficient (Wildman–Crippen LogP) is 2.39. The molecule has 60 valence electrons. The van der Waals surface area contributed by atoms with Crippen LogP contribution in [0.25, 0.3) is 0 Å². The van der Waals surface area contributed by atoms with Gasteiger partial charge in [-0.15, -0.1) is 25.3 Å². The van der Waals surface area contributed by atoms with Crippen LogP contribution in [0, 0.1) is 6.07 Å². The fraction of sp³-hybridized carbons (Fsp3) is 0.143. The van der Waals surface area contributed by atoms with Crippen molar-refractivity contribution in [3.8, 4) is 5.75 Å². The summed E-state index contributed by atoms with van der Waals surface area (Å²) in [4.78, 5) is 0. The molecular formula is C7H4F3O-. The zero-order valence-electron chi connectivity index (χ0n) is 5.35. The SMILES string of the molecule is FC(F)(F)Oc1cc[c-]cc1. The summed E-state index contributed by atoms with van der Waals surface area (Å²) in [6.07, 6.45) is -4.61. The van der Waals surface area contributed by atoms with Crippen molar-refractivity contribution < 1.29 is 17.9 Å². The first-order chi connectivity index (χ1) is 5.08. The third kappa shape index (κ3) is 2.93. The smallest absolute Gasteiger partial charge is 0.432 e. The van der Waals surface area contributed by atoms with E-state index < -0.39 is 6.36 Å². The van der Waals surface area contributed by atoms with E-state index in [4.69, 9.17) is 0 Å². The Bertz CT molecular complexity index is 217. The first-order valence-corrected chi connectivity index (χ1v) is 2.80. The van der Waals surface area contributed by atoms with Crippen molar-refractivity contribution in [2.75, 3.05) is 0 Å². The molecule has 0 spiro atoms. The maximum atomic E-state index is 11.5. The molecule has 1 rings (SSSR count). The van der Waals surface area contributed by atoms with Gasteiger partial charge in [-0.25, -0.2) is 0 Å². The number of hydrogen-bond donors (Lipinski definition) is 0. The van der Waals surface area contributed by atoms with E-state index in [9.17, 15) is 13.2 Å². The Labute approximate surface area is 61.4 Å². The number of benzene rings is 1. The lowest BCUT2D eigenvalue weighted by Crippen LogP contribution is -2.16. The minimum absolute atomic E-state index is 0.226. The molecule has 4 heteroatoms. The first kappa shape index (κ1) is 7.91. The monoisotopic (exact) mass is 161 g/mol. The van der Waals surface area contributed by atoms with Gasteiger partial charge in [-0.2, -0.15) is 18.2 Å². The molecule has 0 amide bonds. The van der Waals surface area contributed by atoms with Crippen molar-refractivity contribution in [2.24, 2.45) is 0 Å². The number of halogens is 3. The highest BCUT2D eigenvalue weighted by Gasteiger charge is 2.29. The second-order valence-corrected chi connectivity index (χ2v) is 1.78. The molecule has 0 heterocycles. The van der Waals surface area contributed by atoms with E-state index in [1.165, 1.54) is 24.3 Å². The molecule has 1 nitrogen and oxygen atoms in total. The molecule has 0 saturated heterocycles. The summed E-state index contributed by atoms with van der Waals surface area (Å²) in [5, 5.41) is 0. The molecular weight excluding hydrogens is 157 g/mol. The Balaban J connectivity index is 2.66. The molecule has 0 aromatic heterocycles. The van der Waals surface area contributed by atoms with E-state index in [-0.39, 0.29) is 5.75 Å². The summed E-state index contributed by atoms with van der Waals surface area (Å²) >= 11 is 0. The van der Waals surface area contributed by atoms with Crippen LogP contribution in [0.1, 0.15) is 0 Å². The van der Waals surface area contributed by atoms with Gasteiger partial charge in [0.2, 0.25) is 0 Å². The standard InChI is InChI=1S/C7H4F3O/c8-7(9,10)11-6-4-2-1-3-5-6/h2-5H/q-1. The van der Waals surface area contributed by atoms with Crippen LogP contribution in [0.3, 0.4) is 0 Å². The van der Waals surface area contributed by atoms with Gasteiger partial charge in [-0.05, 0) is 0 Å². The highest BCUT2D eigenvalue weighted by Crippen LogP contribution is 2.21. The highest BCUT2D eigenvalue weighted by molar-refractivity contribution is 5.20. The lowest BCUT2D eigenvalue weighted by Gasteiger charge is -2.11. The molecule has 11 heavy (non-hydrogen) atoms. The minimum atomic E-state index is -4.61. The molecule has 0 radical (unpaired) electrons. The topological polar surface area (TPSA) is 9.23 Å². The van der Waals surface area contributed by atoms with Crippen LogP contribution >= 0.6 is 0 Å². The van der Waals surface area contributed by atoms with Crippen molar-refractivity contribution in [3.05, 3.63) is 30.3 Å². The van der Waals surface area contributed by atoms with E-state index in [1.807, 2.05) is 0 Å². The van der Waals surface area contributed by atoms with Crippen molar-refractivity contribution in [1.29, 1.82) is 0 Å². The Morgan fingerprint density at radius 3 is 2.18 bits per heavy atom. The average Bonchev–Trinajstić information content (AvgIpc) is 1.85. The van der Waals surface area contributed by atoms with E-state index in [2.05, 4.69) is 10.8 Å². The van der Waals surface area contributed by atoms with Gasteiger partial charge in [-0.3, -0.25) is 0 Å². The number of hydrogen-bond acceptors (Lipinski definition) is 1. The predicted molar refractivity (Wildman–Crippen MR) is 32.0 cm³/mol. The lowest BCUT2D eigenvalue weighted by atomic mass is 10.3. The maximum absolute atomic E-state index is 11.5. The van der Waals surface area contributed by atoms with E-state index >= 15 is 0 Å². The molecule has 0 atom stereocenters. The van der Waals surface area contributed by atoms with Crippen molar-refractivity contribution in [1.82, 2.24) is 0 Å². The number of alkyl halides is 3. The van der Waals surface area contributed by atoms with Crippen molar-refractivity contribution >= 4 is 0 Å². The number of ether oxygens (including phenoxy) is 1. The van der Waals surface area contributed by atoms with Gasteiger partial charge < -0.3 is 4.74 Å². The van der Waals surface area contributed by atoms with Crippen LogP contribution in [-0.4, -0.2) is 6.36 Å². The third-order valence-corrected chi connectivity index (χ3v) is 0.921. The Hall–Kier alpha value is -1.19. The van der Waals surface area contributed by atoms with Crippen LogP contribution in [0.2, 0.25) is 0 Å². The van der Waals surface area contributed by atoms with Crippen molar-refractivity contribution in [2.45, 2.75) is 6.36 Å². The Morgan fingerprint density at radius 2 is 1.73 bits per heavy atom. The Kier molecular flexibility index (Phi) is 2.03. The summed E-state index contributed by atoms with van der Waals surface area (Å²) in [7, 11) is 0. The molecule has 0 N–H and O–H groups in total. The zero-order chi connectivity index (χ0) is 8.32. The fourth-order valence-corrected chi connectivity index (χ4v) is 0.573. The van der Waals surface area contributed by atoms with Gasteiger partial charge in [0.05, 0.1) is 0 Å². The third-order valence-electron chi connectivity index (χ3n) is 0.921. The Morgan fingerprint density at radius 1 is 1.18 bits per heavy atom. The lowest BCUT2D eigenvalue weighted by molar-refractivity contribution is -0.274. The zero-order valence-corrected chi connectivity index (χ0v) is 5.35. The van der Waals surface area contributed by atoms with Gasteiger partial charge in [0.25, 0.3) is 0 Å². The molecule has 0 unspecified atom stereocenters. The second kappa shape index (κ2) is 2.82. The fourth-order valence-electron chi connectivity index (χ4n) is 0.573. The van der Waals surface area contributed by atoms with Crippen LogP contribution < -0.4 is 4.74 Å². The second-order valence-electron chi connectivity index (χ2n) is 1.78. The number of rotatable bonds is 1. The van der Waals surface area contributed by atoms with Gasteiger partial charge in [0, 0.05) is 5.75 Å². The van der Waals surface area contributed by atoms with E-state index in [0.717, 1.165) is 0 Å². The minimum Gasteiger partial charge on any atom is -0.432 e. The average molecular weight is 161 g/mol. The molecule has 0 aliphatic rings. The summed E-state index contributed by atoms with van der Waals surface area (Å²) in [6.45, 7) is 0. The van der Waals surface area contributed by atoms with Crippen LogP contribution in [0.4, 0.5) is 13.2 Å². The molecule has 0 saturated carbocycles. The summed E-state index contributed by atoms with van der Waals surface area (Å²) in [5.41, 5.74) is 0. The van der Waals surface area contributed by atoms with Gasteiger partial charge in [0.1, 0.15) is 0 Å². The van der Waals surface area contributed by atoms with Crippen molar-refractivity contribution in [3.63, 3.8) is 0 Å². The van der Waals surface area contributed by atoms with Gasteiger partial charge in [-0.1, -0.05) is 0 Å². The van der Waals surface area contributed by atoms with Gasteiger partial charge >= 0.3 is 6.36 Å². The maximum Gasteiger partial charge on any atom is 0.571 e. The van der Waals surface area contributed by atoms with Crippen LogP contribution in [0.15, 0.2) is 24.3 Å². The summed E-state index contributed by atoms with van der Waals surface area (Å²) in [5.74, 6) is -0.226. The first-order valence-electron chi connectivity index (χ1n) is 2.80. The highest BCUT2D eigenvalue weighted by atomic mass is 19.4. The van der Waals surface area contributed by atoms with E-state index in [0.29, 0.717) is 0 Å². The van der Waals surface area contributed by atoms with Crippen LogP contribution in [0.5, 0.6) is 5.75 Å². The molecule has 1 aromatic rings. The quantitative estimate of drug-likeness (QED) is 0.574. The van der Waals surface area contributed by atoms with E-state index in [1.54, 1.807) is 0 Å². The molecule has 0 bridgehead atoms. The molecule has 0 fully saturated rings. The summed E-state index contributed by atoms with van der Waals surface area (Å²) < 4.78 is 38.1. The normalized spacial score (nSPS) is 11.2. The van der Waals surface area contributed by atoms with Crippen LogP contribution in [-0.2, 0) is 0 Å². The molecule has 0 aliphatic carbocycles. The molecule has 0 aliphatic heterocycles. The van der Waals surface area contributed by atoms with Gasteiger partial charge in [0.15, 0.2) is 0 Å².